The number of carbonyl (C=O) groups is 1. The minimum atomic E-state index is -0.524. The van der Waals surface area contributed by atoms with Gasteiger partial charge in [0, 0.05) is 5.69 Å². The normalized spacial score (nSPS) is 13.5. The monoisotopic (exact) mass is 323 g/mol. The summed E-state index contributed by atoms with van der Waals surface area (Å²) >= 11 is 7.75. The predicted molar refractivity (Wildman–Crippen MR) is 87.4 cm³/mol. The zero-order valence-corrected chi connectivity index (χ0v) is 13.0. The Kier molecular flexibility index (Phi) is 5.65. The number of amides is 1. The molecule has 2 aromatic carbocycles. The van der Waals surface area contributed by atoms with E-state index in [1.54, 1.807) is 12.1 Å². The smallest absolute Gasteiger partial charge is 0.239 e. The van der Waals surface area contributed by atoms with Gasteiger partial charge in [0.05, 0.1) is 5.38 Å². The van der Waals surface area contributed by atoms with Crippen molar-refractivity contribution >= 4 is 35.0 Å². The average molecular weight is 324 g/mol. The number of nitrogens with one attached hydrogen (secondary N) is 1. The van der Waals surface area contributed by atoms with Gasteiger partial charge in [0.15, 0.2) is 0 Å². The van der Waals surface area contributed by atoms with Gasteiger partial charge in [-0.25, -0.2) is 4.39 Å². The van der Waals surface area contributed by atoms with Crippen LogP contribution < -0.4 is 5.32 Å². The van der Waals surface area contributed by atoms with E-state index in [0.717, 1.165) is 11.3 Å². The summed E-state index contributed by atoms with van der Waals surface area (Å²) in [7, 11) is 0. The van der Waals surface area contributed by atoms with E-state index in [1.165, 1.54) is 23.9 Å². The van der Waals surface area contributed by atoms with Gasteiger partial charge in [-0.15, -0.1) is 11.6 Å². The van der Waals surface area contributed by atoms with Gasteiger partial charge in [-0.1, -0.05) is 30.3 Å². The van der Waals surface area contributed by atoms with Crippen LogP contribution in [0.1, 0.15) is 10.9 Å². The molecule has 0 unspecified atom stereocenters. The summed E-state index contributed by atoms with van der Waals surface area (Å²) < 4.78 is 13.0. The number of anilines is 1. The van der Waals surface area contributed by atoms with Crippen LogP contribution in [-0.4, -0.2) is 17.4 Å². The summed E-state index contributed by atoms with van der Waals surface area (Å²) in [5.74, 6) is -0.491. The lowest BCUT2D eigenvalue weighted by Gasteiger charge is -2.20. The molecule has 0 aliphatic rings. The Morgan fingerprint density at radius 2 is 1.76 bits per heavy atom. The van der Waals surface area contributed by atoms with Crippen LogP contribution in [0.15, 0.2) is 54.6 Å². The van der Waals surface area contributed by atoms with Gasteiger partial charge < -0.3 is 5.32 Å². The first-order valence-corrected chi connectivity index (χ1v) is 8.12. The lowest BCUT2D eigenvalue weighted by molar-refractivity contribution is -0.115. The summed E-state index contributed by atoms with van der Waals surface area (Å²) in [5.41, 5.74) is 1.45. The third-order valence-corrected chi connectivity index (χ3v) is 4.66. The number of thioether (sulfide) groups is 1. The summed E-state index contributed by atoms with van der Waals surface area (Å²) in [5, 5.41) is 1.85. The van der Waals surface area contributed by atoms with Gasteiger partial charge in [0.1, 0.15) is 11.1 Å². The van der Waals surface area contributed by atoms with Crippen LogP contribution in [-0.2, 0) is 4.79 Å². The molecule has 0 aliphatic heterocycles. The highest BCUT2D eigenvalue weighted by Gasteiger charge is 2.27. The zero-order valence-electron chi connectivity index (χ0n) is 11.4. The van der Waals surface area contributed by atoms with E-state index >= 15 is 0 Å². The summed E-state index contributed by atoms with van der Waals surface area (Å²) in [6, 6.07) is 15.1. The Labute approximate surface area is 132 Å². The molecule has 0 bridgehead atoms. The van der Waals surface area contributed by atoms with Crippen molar-refractivity contribution in [3.63, 3.8) is 0 Å². The van der Waals surface area contributed by atoms with Gasteiger partial charge >= 0.3 is 0 Å². The molecule has 5 heteroatoms. The standard InChI is InChI=1S/C16H15ClFNOS/c1-21-15(14(17)11-7-9-12(18)10-8-11)16(20)19-13-5-3-2-4-6-13/h2-10,14-15H,1H3,(H,19,20)/t14-,15+/m1/s1. The van der Waals surface area contributed by atoms with Crippen LogP contribution in [0.5, 0.6) is 0 Å². The Morgan fingerprint density at radius 1 is 1.14 bits per heavy atom. The maximum Gasteiger partial charge on any atom is 0.239 e. The molecule has 2 nitrogen and oxygen atoms in total. The second kappa shape index (κ2) is 7.48. The highest BCUT2D eigenvalue weighted by molar-refractivity contribution is 8.00. The first-order chi connectivity index (χ1) is 10.1. The Morgan fingerprint density at radius 3 is 2.33 bits per heavy atom. The van der Waals surface area contributed by atoms with Crippen molar-refractivity contribution in [2.45, 2.75) is 10.6 Å². The van der Waals surface area contributed by atoms with E-state index in [2.05, 4.69) is 5.32 Å². The third-order valence-electron chi connectivity index (χ3n) is 3.01. The van der Waals surface area contributed by atoms with E-state index in [1.807, 2.05) is 36.6 Å². The first-order valence-electron chi connectivity index (χ1n) is 6.40. The molecule has 2 rings (SSSR count). The number of para-hydroxylation sites is 1. The van der Waals surface area contributed by atoms with Crippen molar-refractivity contribution in [3.8, 4) is 0 Å². The lowest BCUT2D eigenvalue weighted by Crippen LogP contribution is -2.28. The van der Waals surface area contributed by atoms with E-state index < -0.39 is 10.6 Å². The van der Waals surface area contributed by atoms with Gasteiger partial charge in [-0.05, 0) is 36.1 Å². The molecule has 2 atom stereocenters. The molecular formula is C16H15ClFNOS. The molecule has 0 aromatic heterocycles. The second-order valence-electron chi connectivity index (χ2n) is 4.46. The van der Waals surface area contributed by atoms with E-state index in [-0.39, 0.29) is 11.7 Å². The number of benzene rings is 2. The molecule has 0 heterocycles. The van der Waals surface area contributed by atoms with Crippen molar-refractivity contribution in [1.29, 1.82) is 0 Å². The highest BCUT2D eigenvalue weighted by Crippen LogP contribution is 2.32. The van der Waals surface area contributed by atoms with Crippen LogP contribution in [0.25, 0.3) is 0 Å². The zero-order chi connectivity index (χ0) is 15.2. The topological polar surface area (TPSA) is 29.1 Å². The molecule has 0 saturated carbocycles. The van der Waals surface area contributed by atoms with Crippen molar-refractivity contribution in [2.75, 3.05) is 11.6 Å². The minimum Gasteiger partial charge on any atom is -0.325 e. The molecular weight excluding hydrogens is 309 g/mol. The number of alkyl halides is 1. The fraction of sp³-hybridized carbons (Fsp3) is 0.188. The summed E-state index contributed by atoms with van der Waals surface area (Å²) in [6.45, 7) is 0. The maximum atomic E-state index is 13.0. The lowest BCUT2D eigenvalue weighted by atomic mass is 10.1. The molecule has 1 amide bonds. The predicted octanol–water partition coefficient (Wildman–Crippen LogP) is 4.48. The van der Waals surface area contributed by atoms with E-state index in [0.29, 0.717) is 0 Å². The minimum absolute atomic E-state index is 0.168. The number of hydrogen-bond donors (Lipinski definition) is 1. The van der Waals surface area contributed by atoms with Crippen LogP contribution in [0.4, 0.5) is 10.1 Å². The largest absolute Gasteiger partial charge is 0.325 e. The quantitative estimate of drug-likeness (QED) is 0.822. The van der Waals surface area contributed by atoms with Crippen LogP contribution >= 0.6 is 23.4 Å². The number of hydrogen-bond acceptors (Lipinski definition) is 2. The summed E-state index contributed by atoms with van der Waals surface area (Å²) in [6.07, 6.45) is 1.83. The van der Waals surface area contributed by atoms with Gasteiger partial charge in [0.2, 0.25) is 5.91 Å². The van der Waals surface area contributed by atoms with Crippen LogP contribution in [0.2, 0.25) is 0 Å². The highest BCUT2D eigenvalue weighted by atomic mass is 35.5. The molecule has 0 saturated heterocycles. The SMILES string of the molecule is CS[C@H](C(=O)Nc1ccccc1)[C@H](Cl)c1ccc(F)cc1. The fourth-order valence-corrected chi connectivity index (χ4v) is 3.15. The molecule has 1 N–H and O–H groups in total. The van der Waals surface area contributed by atoms with Crippen LogP contribution in [0.3, 0.4) is 0 Å². The van der Waals surface area contributed by atoms with E-state index in [9.17, 15) is 9.18 Å². The third kappa shape index (κ3) is 4.22. The number of halogens is 2. The molecule has 0 spiro atoms. The van der Waals surface area contributed by atoms with Crippen molar-refractivity contribution < 1.29 is 9.18 Å². The Hall–Kier alpha value is -1.52. The average Bonchev–Trinajstić information content (AvgIpc) is 2.49. The fourth-order valence-electron chi connectivity index (χ4n) is 1.92. The molecule has 0 aliphatic carbocycles. The van der Waals surface area contributed by atoms with Gasteiger partial charge in [-0.3, -0.25) is 4.79 Å². The molecule has 110 valence electrons. The Balaban J connectivity index is 2.11. The van der Waals surface area contributed by atoms with Crippen molar-refractivity contribution in [2.24, 2.45) is 0 Å². The molecule has 2 aromatic rings. The molecule has 21 heavy (non-hydrogen) atoms. The molecule has 0 radical (unpaired) electrons. The van der Waals surface area contributed by atoms with E-state index in [4.69, 9.17) is 11.6 Å². The molecule has 0 fully saturated rings. The van der Waals surface area contributed by atoms with Crippen LogP contribution in [0, 0.1) is 5.82 Å². The second-order valence-corrected chi connectivity index (χ2v) is 5.91. The van der Waals surface area contributed by atoms with Crippen molar-refractivity contribution in [3.05, 3.63) is 66.0 Å². The summed E-state index contributed by atoms with van der Waals surface area (Å²) in [4.78, 5) is 12.3. The number of carbonyl (C=O) groups excluding carboxylic acids is 1. The number of rotatable bonds is 5. The first kappa shape index (κ1) is 15.9. The Bertz CT molecular complexity index is 591. The maximum absolute atomic E-state index is 13.0. The van der Waals surface area contributed by atoms with Gasteiger partial charge in [0.25, 0.3) is 0 Å². The van der Waals surface area contributed by atoms with Gasteiger partial charge in [-0.2, -0.15) is 11.8 Å². The van der Waals surface area contributed by atoms with Crippen molar-refractivity contribution in [1.82, 2.24) is 0 Å².